The van der Waals surface area contributed by atoms with Crippen LogP contribution in [-0.2, 0) is 4.79 Å². The zero-order valence-corrected chi connectivity index (χ0v) is 18.6. The standard InChI is InChI=1S/C24H47NO3/c1-3-5-7-9-10-11-12-13-14-15-16-17-19-23(27)22(21-26)25-24(28)20-18-8-6-4-2/h17,19,22-23,26-27H,3-16,18,20-21H2,1-2H3,(H,25,28)/b19-17+. The fourth-order valence-electron chi connectivity index (χ4n) is 3.35. The lowest BCUT2D eigenvalue weighted by Crippen LogP contribution is -2.45. The summed E-state index contributed by atoms with van der Waals surface area (Å²) in [6.07, 6.45) is 21.6. The summed E-state index contributed by atoms with van der Waals surface area (Å²) in [7, 11) is 0. The van der Waals surface area contributed by atoms with E-state index in [9.17, 15) is 15.0 Å². The minimum atomic E-state index is -0.826. The van der Waals surface area contributed by atoms with Crippen LogP contribution in [0.1, 0.15) is 117 Å². The van der Waals surface area contributed by atoms with E-state index in [0.717, 1.165) is 38.5 Å². The van der Waals surface area contributed by atoms with Crippen LogP contribution in [0.25, 0.3) is 0 Å². The van der Waals surface area contributed by atoms with E-state index in [2.05, 4.69) is 19.2 Å². The zero-order valence-electron chi connectivity index (χ0n) is 18.6. The number of carbonyl (C=O) groups excluding carboxylic acids is 1. The van der Waals surface area contributed by atoms with Gasteiger partial charge in [-0.2, -0.15) is 0 Å². The molecular formula is C24H47NO3. The highest BCUT2D eigenvalue weighted by molar-refractivity contribution is 5.76. The quantitative estimate of drug-likeness (QED) is 0.183. The van der Waals surface area contributed by atoms with Crippen molar-refractivity contribution in [2.45, 2.75) is 129 Å². The predicted octanol–water partition coefficient (Wildman–Crippen LogP) is 5.66. The summed E-state index contributed by atoms with van der Waals surface area (Å²) in [6, 6.07) is -0.609. The smallest absolute Gasteiger partial charge is 0.220 e. The number of unbranched alkanes of at least 4 members (excludes halogenated alkanes) is 13. The molecule has 0 aromatic carbocycles. The molecule has 0 aromatic rings. The second kappa shape index (κ2) is 20.9. The van der Waals surface area contributed by atoms with Crippen molar-refractivity contribution in [1.29, 1.82) is 0 Å². The molecule has 0 aromatic heterocycles. The molecule has 4 heteroatoms. The molecule has 1 amide bonds. The molecule has 0 saturated carbocycles. The average molecular weight is 398 g/mol. The summed E-state index contributed by atoms with van der Waals surface area (Å²) in [4.78, 5) is 11.9. The van der Waals surface area contributed by atoms with Gasteiger partial charge in [-0.05, 0) is 19.3 Å². The van der Waals surface area contributed by atoms with E-state index in [1.807, 2.05) is 6.08 Å². The van der Waals surface area contributed by atoms with Gasteiger partial charge in [-0.25, -0.2) is 0 Å². The second-order valence-corrected chi connectivity index (χ2v) is 8.06. The Balaban J connectivity index is 3.72. The summed E-state index contributed by atoms with van der Waals surface area (Å²) in [6.45, 7) is 4.15. The van der Waals surface area contributed by atoms with Gasteiger partial charge in [0.2, 0.25) is 5.91 Å². The molecule has 166 valence electrons. The molecule has 0 saturated heterocycles. The largest absolute Gasteiger partial charge is 0.394 e. The SMILES string of the molecule is CCCCCCCCCCCC/C=C/C(O)C(CO)NC(=O)CCCCCC. The van der Waals surface area contributed by atoms with E-state index in [1.165, 1.54) is 57.8 Å². The third-order valence-corrected chi connectivity index (χ3v) is 5.27. The number of rotatable bonds is 20. The Morgan fingerprint density at radius 1 is 0.821 bits per heavy atom. The Morgan fingerprint density at radius 3 is 1.86 bits per heavy atom. The van der Waals surface area contributed by atoms with Crippen LogP contribution in [0.4, 0.5) is 0 Å². The molecule has 0 bridgehead atoms. The van der Waals surface area contributed by atoms with Crippen molar-refractivity contribution < 1.29 is 15.0 Å². The lowest BCUT2D eigenvalue weighted by molar-refractivity contribution is -0.123. The van der Waals surface area contributed by atoms with Crippen LogP contribution in [0.3, 0.4) is 0 Å². The number of aliphatic hydroxyl groups excluding tert-OH is 2. The predicted molar refractivity (Wildman–Crippen MR) is 119 cm³/mol. The van der Waals surface area contributed by atoms with Crippen molar-refractivity contribution in [3.63, 3.8) is 0 Å². The number of amides is 1. The number of aliphatic hydroxyl groups is 2. The van der Waals surface area contributed by atoms with Crippen molar-refractivity contribution in [3.05, 3.63) is 12.2 Å². The molecule has 0 fully saturated rings. The fourth-order valence-corrected chi connectivity index (χ4v) is 3.35. The van der Waals surface area contributed by atoms with Crippen LogP contribution >= 0.6 is 0 Å². The van der Waals surface area contributed by atoms with E-state index < -0.39 is 12.1 Å². The second-order valence-electron chi connectivity index (χ2n) is 8.06. The molecule has 0 radical (unpaired) electrons. The van der Waals surface area contributed by atoms with Gasteiger partial charge in [-0.15, -0.1) is 0 Å². The van der Waals surface area contributed by atoms with E-state index >= 15 is 0 Å². The summed E-state index contributed by atoms with van der Waals surface area (Å²) in [5, 5.41) is 22.4. The van der Waals surface area contributed by atoms with E-state index in [-0.39, 0.29) is 12.5 Å². The first-order valence-electron chi connectivity index (χ1n) is 11.9. The third-order valence-electron chi connectivity index (χ3n) is 5.27. The number of carbonyl (C=O) groups is 1. The summed E-state index contributed by atoms with van der Waals surface area (Å²) in [5.74, 6) is -0.0858. The molecule has 4 nitrogen and oxygen atoms in total. The molecule has 0 rings (SSSR count). The molecule has 2 unspecified atom stereocenters. The van der Waals surface area contributed by atoms with Gasteiger partial charge in [0, 0.05) is 6.42 Å². The number of hydrogen-bond acceptors (Lipinski definition) is 3. The van der Waals surface area contributed by atoms with Crippen molar-refractivity contribution in [3.8, 4) is 0 Å². The van der Waals surface area contributed by atoms with Gasteiger partial charge in [0.15, 0.2) is 0 Å². The maximum Gasteiger partial charge on any atom is 0.220 e. The maximum atomic E-state index is 11.9. The lowest BCUT2D eigenvalue weighted by Gasteiger charge is -2.19. The Bertz CT molecular complexity index is 371. The highest BCUT2D eigenvalue weighted by Crippen LogP contribution is 2.11. The van der Waals surface area contributed by atoms with Crippen molar-refractivity contribution in [2.75, 3.05) is 6.61 Å². The van der Waals surface area contributed by atoms with E-state index in [4.69, 9.17) is 0 Å². The molecule has 0 heterocycles. The molecule has 0 aliphatic carbocycles. The summed E-state index contributed by atoms with van der Waals surface area (Å²) >= 11 is 0. The molecule has 0 spiro atoms. The molecular weight excluding hydrogens is 350 g/mol. The van der Waals surface area contributed by atoms with Gasteiger partial charge >= 0.3 is 0 Å². The molecule has 2 atom stereocenters. The van der Waals surface area contributed by atoms with Gasteiger partial charge in [0.25, 0.3) is 0 Å². The minimum Gasteiger partial charge on any atom is -0.394 e. The van der Waals surface area contributed by atoms with Crippen LogP contribution in [0, 0.1) is 0 Å². The van der Waals surface area contributed by atoms with Crippen molar-refractivity contribution >= 4 is 5.91 Å². The maximum absolute atomic E-state index is 11.9. The molecule has 0 aliphatic rings. The Labute approximate surface area is 174 Å². The molecule has 28 heavy (non-hydrogen) atoms. The van der Waals surface area contributed by atoms with Gasteiger partial charge in [0.1, 0.15) is 0 Å². The first-order chi connectivity index (χ1) is 13.7. The normalized spacial score (nSPS) is 13.7. The fraction of sp³-hybridized carbons (Fsp3) is 0.875. The first-order valence-corrected chi connectivity index (χ1v) is 11.9. The van der Waals surface area contributed by atoms with Gasteiger partial charge in [-0.1, -0.05) is 103 Å². The van der Waals surface area contributed by atoms with Crippen molar-refractivity contribution in [2.24, 2.45) is 0 Å². The minimum absolute atomic E-state index is 0.0858. The van der Waals surface area contributed by atoms with Crippen LogP contribution < -0.4 is 5.32 Å². The van der Waals surface area contributed by atoms with Crippen LogP contribution in [0.15, 0.2) is 12.2 Å². The number of allylic oxidation sites excluding steroid dienone is 1. The first kappa shape index (κ1) is 27.1. The highest BCUT2D eigenvalue weighted by Gasteiger charge is 2.17. The average Bonchev–Trinajstić information content (AvgIpc) is 2.70. The lowest BCUT2D eigenvalue weighted by atomic mass is 10.1. The van der Waals surface area contributed by atoms with Gasteiger partial charge < -0.3 is 15.5 Å². The summed E-state index contributed by atoms with van der Waals surface area (Å²) < 4.78 is 0. The third kappa shape index (κ3) is 17.2. The Kier molecular flexibility index (Phi) is 20.2. The molecule has 0 aliphatic heterocycles. The van der Waals surface area contributed by atoms with E-state index in [1.54, 1.807) is 6.08 Å². The Hall–Kier alpha value is -0.870. The monoisotopic (exact) mass is 397 g/mol. The number of hydrogen-bond donors (Lipinski definition) is 3. The highest BCUT2D eigenvalue weighted by atomic mass is 16.3. The van der Waals surface area contributed by atoms with E-state index in [0.29, 0.717) is 6.42 Å². The van der Waals surface area contributed by atoms with Crippen LogP contribution in [-0.4, -0.2) is 34.9 Å². The van der Waals surface area contributed by atoms with Gasteiger partial charge in [0.05, 0.1) is 18.8 Å². The van der Waals surface area contributed by atoms with Crippen molar-refractivity contribution in [1.82, 2.24) is 5.32 Å². The summed E-state index contributed by atoms with van der Waals surface area (Å²) in [5.41, 5.74) is 0. The zero-order chi connectivity index (χ0) is 20.9. The molecule has 3 N–H and O–H groups in total. The number of nitrogens with one attached hydrogen (secondary N) is 1. The van der Waals surface area contributed by atoms with Crippen LogP contribution in [0.2, 0.25) is 0 Å². The topological polar surface area (TPSA) is 69.6 Å². The Morgan fingerprint density at radius 2 is 1.32 bits per heavy atom. The van der Waals surface area contributed by atoms with Gasteiger partial charge in [-0.3, -0.25) is 4.79 Å². The van der Waals surface area contributed by atoms with Crippen LogP contribution in [0.5, 0.6) is 0 Å².